The zero-order chi connectivity index (χ0) is 41.7. The molecule has 0 spiro atoms. The van der Waals surface area contributed by atoms with Gasteiger partial charge in [0.15, 0.2) is 0 Å². The summed E-state index contributed by atoms with van der Waals surface area (Å²) < 4.78 is 5.88. The van der Waals surface area contributed by atoms with E-state index in [9.17, 15) is 19.8 Å². The van der Waals surface area contributed by atoms with Gasteiger partial charge in [-0.25, -0.2) is 0 Å². The minimum Gasteiger partial charge on any atom is -0.462 e. The molecule has 0 aromatic carbocycles. The number of esters is 1. The van der Waals surface area contributed by atoms with Crippen LogP contribution in [0.25, 0.3) is 0 Å². The number of carbonyl (C=O) groups excluding carboxylic acids is 2. The van der Waals surface area contributed by atoms with E-state index in [1.807, 2.05) is 0 Å². The number of amides is 1. The predicted octanol–water partition coefficient (Wildman–Crippen LogP) is 14.7. The zero-order valence-electron chi connectivity index (χ0n) is 38.2. The summed E-state index contributed by atoms with van der Waals surface area (Å²) in [6.07, 6.45) is 51.0. The van der Waals surface area contributed by atoms with Crippen LogP contribution >= 0.6 is 0 Å². The van der Waals surface area contributed by atoms with Gasteiger partial charge in [-0.2, -0.15) is 0 Å². The molecule has 0 saturated heterocycles. The maximum absolute atomic E-state index is 13.1. The molecule has 0 saturated carbocycles. The molecule has 1 amide bonds. The molecule has 0 fully saturated rings. The van der Waals surface area contributed by atoms with E-state index in [-0.39, 0.29) is 24.9 Å². The molecule has 0 aromatic heterocycles. The third kappa shape index (κ3) is 40.9. The molecular weight excluding hydrogens is 707 g/mol. The van der Waals surface area contributed by atoms with Crippen molar-refractivity contribution < 1.29 is 24.5 Å². The largest absolute Gasteiger partial charge is 0.462 e. The highest BCUT2D eigenvalue weighted by Gasteiger charge is 2.24. The summed E-state index contributed by atoms with van der Waals surface area (Å²) in [6.45, 7) is 6.41. The van der Waals surface area contributed by atoms with Crippen molar-refractivity contribution in [2.45, 2.75) is 283 Å². The van der Waals surface area contributed by atoms with Gasteiger partial charge in [-0.3, -0.25) is 9.59 Å². The summed E-state index contributed by atoms with van der Waals surface area (Å²) in [4.78, 5) is 26.0. The highest BCUT2D eigenvalue weighted by Crippen LogP contribution is 2.17. The number of carbonyl (C=O) groups is 2. The van der Waals surface area contributed by atoms with Gasteiger partial charge in [-0.05, 0) is 64.2 Å². The molecule has 0 aliphatic rings. The number of nitrogens with one attached hydrogen (secondary N) is 1. The van der Waals surface area contributed by atoms with Crippen molar-refractivity contribution in [3.63, 3.8) is 0 Å². The Labute approximate surface area is 354 Å². The van der Waals surface area contributed by atoms with E-state index < -0.39 is 18.2 Å². The van der Waals surface area contributed by atoms with Crippen molar-refractivity contribution in [3.05, 3.63) is 24.3 Å². The Kier molecular flexibility index (Phi) is 44.1. The molecule has 3 unspecified atom stereocenters. The molecule has 6 heteroatoms. The molecule has 0 rings (SSSR count). The van der Waals surface area contributed by atoms with E-state index in [1.165, 1.54) is 154 Å². The molecular formula is C51H97NO5. The molecule has 0 bridgehead atoms. The Balaban J connectivity index is 4.46. The highest BCUT2D eigenvalue weighted by molar-refractivity contribution is 5.77. The first-order valence-electron chi connectivity index (χ1n) is 25.1. The van der Waals surface area contributed by atoms with Crippen LogP contribution in [0.15, 0.2) is 24.3 Å². The van der Waals surface area contributed by atoms with Crippen LogP contribution in [0.1, 0.15) is 265 Å². The maximum atomic E-state index is 13.1. The van der Waals surface area contributed by atoms with Gasteiger partial charge in [-0.15, -0.1) is 0 Å². The highest BCUT2D eigenvalue weighted by atomic mass is 16.5. The minimum atomic E-state index is -0.791. The van der Waals surface area contributed by atoms with E-state index >= 15 is 0 Å². The zero-order valence-corrected chi connectivity index (χ0v) is 38.2. The summed E-state index contributed by atoms with van der Waals surface area (Å²) in [5.74, 6) is -0.508. The van der Waals surface area contributed by atoms with Gasteiger partial charge in [-0.1, -0.05) is 212 Å². The molecule has 0 aromatic rings. The number of aliphatic hydroxyl groups is 2. The second-order valence-corrected chi connectivity index (χ2v) is 17.2. The quantitative estimate of drug-likeness (QED) is 0.0324. The third-order valence-electron chi connectivity index (χ3n) is 11.5. The van der Waals surface area contributed by atoms with Crippen molar-refractivity contribution in [1.82, 2.24) is 5.32 Å². The number of hydrogen-bond donors (Lipinski definition) is 3. The van der Waals surface area contributed by atoms with Crippen molar-refractivity contribution in [2.75, 3.05) is 6.61 Å². The van der Waals surface area contributed by atoms with Gasteiger partial charge >= 0.3 is 5.97 Å². The van der Waals surface area contributed by atoms with E-state index in [4.69, 9.17) is 4.74 Å². The lowest BCUT2D eigenvalue weighted by Gasteiger charge is -2.24. The number of allylic oxidation sites excluding steroid dienone is 4. The second kappa shape index (κ2) is 45.4. The summed E-state index contributed by atoms with van der Waals surface area (Å²) in [6, 6.07) is -0.707. The minimum absolute atomic E-state index is 0.0567. The third-order valence-corrected chi connectivity index (χ3v) is 11.5. The molecule has 57 heavy (non-hydrogen) atoms. The van der Waals surface area contributed by atoms with Crippen molar-refractivity contribution in [1.29, 1.82) is 0 Å². The molecule has 0 aliphatic heterocycles. The molecule has 0 radical (unpaired) electrons. The van der Waals surface area contributed by atoms with E-state index in [0.29, 0.717) is 19.3 Å². The number of rotatable bonds is 45. The lowest BCUT2D eigenvalue weighted by molar-refractivity contribution is -0.151. The molecule has 3 atom stereocenters. The first-order valence-corrected chi connectivity index (χ1v) is 25.1. The van der Waals surface area contributed by atoms with Gasteiger partial charge in [0.2, 0.25) is 5.91 Å². The van der Waals surface area contributed by atoms with Crippen molar-refractivity contribution >= 4 is 11.9 Å². The van der Waals surface area contributed by atoms with Crippen LogP contribution in [0.5, 0.6) is 0 Å². The van der Waals surface area contributed by atoms with Crippen molar-refractivity contribution in [3.8, 4) is 0 Å². The average molecular weight is 804 g/mol. The van der Waals surface area contributed by atoms with Crippen LogP contribution in [0.2, 0.25) is 0 Å². The van der Waals surface area contributed by atoms with Crippen LogP contribution in [0, 0.1) is 0 Å². The Morgan fingerprint density at radius 1 is 0.491 bits per heavy atom. The predicted molar refractivity (Wildman–Crippen MR) is 246 cm³/mol. The van der Waals surface area contributed by atoms with Crippen LogP contribution in [0.4, 0.5) is 0 Å². The topological polar surface area (TPSA) is 95.9 Å². The molecule has 3 N–H and O–H groups in total. The van der Waals surface area contributed by atoms with Gasteiger partial charge in [0.1, 0.15) is 6.10 Å². The lowest BCUT2D eigenvalue weighted by atomic mass is 10.0. The molecule has 6 nitrogen and oxygen atoms in total. The van der Waals surface area contributed by atoms with Crippen LogP contribution < -0.4 is 5.32 Å². The van der Waals surface area contributed by atoms with Gasteiger partial charge < -0.3 is 20.3 Å². The normalized spacial score (nSPS) is 13.4. The SMILES string of the molecule is CCC/C=C\CCCCCCCC(=O)OC(CCC/C=C\CCCCCCCC)CC(=O)NC(CO)C(O)CCCCCCCCCCCCCCCCCCC. The summed E-state index contributed by atoms with van der Waals surface area (Å²) >= 11 is 0. The Morgan fingerprint density at radius 3 is 1.35 bits per heavy atom. The van der Waals surface area contributed by atoms with E-state index in [0.717, 1.165) is 64.2 Å². The van der Waals surface area contributed by atoms with Crippen LogP contribution in [-0.2, 0) is 14.3 Å². The van der Waals surface area contributed by atoms with E-state index in [1.54, 1.807) is 0 Å². The molecule has 0 heterocycles. The monoisotopic (exact) mass is 804 g/mol. The molecule has 0 aliphatic carbocycles. The van der Waals surface area contributed by atoms with Crippen LogP contribution in [0.3, 0.4) is 0 Å². The van der Waals surface area contributed by atoms with Gasteiger partial charge in [0.05, 0.1) is 25.2 Å². The summed E-state index contributed by atoms with van der Waals surface area (Å²) in [5, 5.41) is 23.7. The Hall–Kier alpha value is -1.66. The van der Waals surface area contributed by atoms with E-state index in [2.05, 4.69) is 50.4 Å². The smallest absolute Gasteiger partial charge is 0.306 e. The number of aliphatic hydroxyl groups excluding tert-OH is 2. The number of hydrogen-bond acceptors (Lipinski definition) is 5. The summed E-state index contributed by atoms with van der Waals surface area (Å²) in [5.41, 5.74) is 0. The van der Waals surface area contributed by atoms with Crippen molar-refractivity contribution in [2.24, 2.45) is 0 Å². The molecule has 336 valence electrons. The lowest BCUT2D eigenvalue weighted by Crippen LogP contribution is -2.46. The fourth-order valence-corrected chi connectivity index (χ4v) is 7.67. The number of unbranched alkanes of at least 4 members (excludes halogenated alkanes) is 29. The summed E-state index contributed by atoms with van der Waals surface area (Å²) in [7, 11) is 0. The second-order valence-electron chi connectivity index (χ2n) is 17.2. The van der Waals surface area contributed by atoms with Gasteiger partial charge in [0, 0.05) is 6.42 Å². The van der Waals surface area contributed by atoms with Gasteiger partial charge in [0.25, 0.3) is 0 Å². The average Bonchev–Trinajstić information content (AvgIpc) is 3.20. The fraction of sp³-hybridized carbons (Fsp3) is 0.882. The first-order chi connectivity index (χ1) is 28.0. The first kappa shape index (κ1) is 55.3. The maximum Gasteiger partial charge on any atom is 0.306 e. The Morgan fingerprint density at radius 2 is 0.895 bits per heavy atom. The Bertz CT molecular complexity index is 904. The standard InChI is InChI=1S/C51H97NO5/c1-4-7-10-13-16-19-22-23-24-25-26-27-29-31-34-37-40-43-49(54)48(46-53)52-50(55)45-47(42-39-36-33-30-28-20-17-14-11-8-5-2)57-51(56)44-41-38-35-32-21-18-15-12-9-6-3/h12,15,30,33,47-49,53-54H,4-11,13-14,16-29,31-32,34-46H2,1-3H3,(H,52,55)/b15-12-,33-30-. The number of ether oxygens (including phenoxy) is 1. The fourth-order valence-electron chi connectivity index (χ4n) is 7.67. The van der Waals surface area contributed by atoms with Crippen LogP contribution in [-0.4, -0.2) is 46.9 Å².